The second-order valence-electron chi connectivity index (χ2n) is 7.50. The maximum Gasteiger partial charge on any atom is 0.282 e. The number of methoxy groups -OCH3 is 1. The van der Waals surface area contributed by atoms with Gasteiger partial charge in [0.15, 0.2) is 11.5 Å². The van der Waals surface area contributed by atoms with E-state index in [4.69, 9.17) is 14.5 Å². The third-order valence-corrected chi connectivity index (χ3v) is 5.77. The number of nitrogens with zero attached hydrogens (tertiary/aromatic N) is 3. The molecule has 1 atom stereocenters. The first-order chi connectivity index (χ1) is 14.7. The monoisotopic (exact) mass is 549 g/mol. The van der Waals surface area contributed by atoms with Crippen LogP contribution in [0.5, 0.6) is 11.5 Å². The highest BCUT2D eigenvalue weighted by Crippen LogP contribution is 2.35. The molecule has 0 unspecified atom stereocenters. The average Bonchev–Trinajstić information content (AvgIpc) is 2.73. The highest BCUT2D eigenvalue weighted by molar-refractivity contribution is 9.10. The maximum atomic E-state index is 13.3. The van der Waals surface area contributed by atoms with Gasteiger partial charge in [0.05, 0.1) is 30.3 Å². The predicted octanol–water partition coefficient (Wildman–Crippen LogP) is 6.11. The van der Waals surface area contributed by atoms with E-state index in [9.17, 15) is 4.79 Å². The van der Waals surface area contributed by atoms with Gasteiger partial charge in [0.25, 0.3) is 5.56 Å². The molecule has 1 heterocycles. The zero-order chi connectivity index (χ0) is 22.7. The van der Waals surface area contributed by atoms with E-state index in [1.807, 2.05) is 45.0 Å². The van der Waals surface area contributed by atoms with Crippen LogP contribution in [0.2, 0.25) is 0 Å². The lowest BCUT2D eigenvalue weighted by atomic mass is 10.1. The van der Waals surface area contributed by atoms with Crippen LogP contribution in [0.15, 0.2) is 49.2 Å². The number of benzene rings is 2. The minimum Gasteiger partial charge on any atom is -0.493 e. The van der Waals surface area contributed by atoms with Crippen molar-refractivity contribution in [3.8, 4) is 11.5 Å². The summed E-state index contributed by atoms with van der Waals surface area (Å²) < 4.78 is 14.5. The Bertz CT molecular complexity index is 1190. The molecule has 0 radical (unpaired) electrons. The minimum absolute atomic E-state index is 0.0553. The van der Waals surface area contributed by atoms with Crippen molar-refractivity contribution in [2.75, 3.05) is 7.11 Å². The van der Waals surface area contributed by atoms with Crippen LogP contribution in [0.4, 0.5) is 0 Å². The third-order valence-electron chi connectivity index (χ3n) is 4.82. The van der Waals surface area contributed by atoms with E-state index in [2.05, 4.69) is 43.9 Å². The standard InChI is InChI=1S/C23H25Br2N3O3/c1-6-14(4)22-27-19-8-7-16(24)10-18(19)23(29)28(22)26-12-15-9-17(25)11-20(30-5)21(15)31-13(2)3/h7-14H,6H2,1-5H3/t14-/m1/s1. The lowest BCUT2D eigenvalue weighted by molar-refractivity contribution is 0.229. The molecule has 3 rings (SSSR count). The zero-order valence-electron chi connectivity index (χ0n) is 18.1. The summed E-state index contributed by atoms with van der Waals surface area (Å²) in [5.41, 5.74) is 1.13. The molecule has 0 spiro atoms. The van der Waals surface area contributed by atoms with Crippen LogP contribution in [0, 0.1) is 0 Å². The highest BCUT2D eigenvalue weighted by Gasteiger charge is 2.17. The number of halogens is 2. The van der Waals surface area contributed by atoms with Crippen molar-refractivity contribution < 1.29 is 9.47 Å². The summed E-state index contributed by atoms with van der Waals surface area (Å²) in [7, 11) is 1.59. The van der Waals surface area contributed by atoms with Crippen LogP contribution < -0.4 is 15.0 Å². The van der Waals surface area contributed by atoms with Gasteiger partial charge < -0.3 is 9.47 Å². The Morgan fingerprint density at radius 1 is 1.16 bits per heavy atom. The summed E-state index contributed by atoms with van der Waals surface area (Å²) in [6.45, 7) is 7.98. The van der Waals surface area contributed by atoms with Crippen molar-refractivity contribution in [2.24, 2.45) is 5.10 Å². The average molecular weight is 551 g/mol. The van der Waals surface area contributed by atoms with Gasteiger partial charge in [-0.05, 0) is 50.6 Å². The van der Waals surface area contributed by atoms with Crippen molar-refractivity contribution in [1.82, 2.24) is 9.66 Å². The number of aromatic nitrogens is 2. The number of hydrogen-bond donors (Lipinski definition) is 0. The topological polar surface area (TPSA) is 65.7 Å². The molecule has 164 valence electrons. The number of hydrogen-bond acceptors (Lipinski definition) is 5. The van der Waals surface area contributed by atoms with E-state index in [1.54, 1.807) is 19.4 Å². The van der Waals surface area contributed by atoms with E-state index in [0.717, 1.165) is 15.4 Å². The van der Waals surface area contributed by atoms with Crippen LogP contribution >= 0.6 is 31.9 Å². The van der Waals surface area contributed by atoms with Crippen LogP contribution in [-0.2, 0) is 0 Å². The summed E-state index contributed by atoms with van der Waals surface area (Å²) in [4.78, 5) is 18.1. The van der Waals surface area contributed by atoms with Crippen molar-refractivity contribution in [3.63, 3.8) is 0 Å². The molecule has 0 saturated carbocycles. The fraction of sp³-hybridized carbons (Fsp3) is 0.348. The summed E-state index contributed by atoms with van der Waals surface area (Å²) in [5.74, 6) is 1.83. The van der Waals surface area contributed by atoms with Crippen molar-refractivity contribution in [2.45, 2.75) is 46.1 Å². The van der Waals surface area contributed by atoms with Gasteiger partial charge in [-0.2, -0.15) is 9.78 Å². The van der Waals surface area contributed by atoms with Gasteiger partial charge in [-0.1, -0.05) is 45.7 Å². The normalized spacial score (nSPS) is 12.6. The van der Waals surface area contributed by atoms with Crippen LogP contribution in [0.3, 0.4) is 0 Å². The Labute approximate surface area is 198 Å². The molecule has 0 aliphatic carbocycles. The first kappa shape index (κ1) is 23.5. The zero-order valence-corrected chi connectivity index (χ0v) is 21.3. The molecule has 3 aromatic rings. The Morgan fingerprint density at radius 3 is 2.55 bits per heavy atom. The molecular formula is C23H25Br2N3O3. The summed E-state index contributed by atoms with van der Waals surface area (Å²) in [6, 6.07) is 9.21. The second-order valence-corrected chi connectivity index (χ2v) is 9.33. The van der Waals surface area contributed by atoms with Gasteiger partial charge in [-0.25, -0.2) is 4.98 Å². The summed E-state index contributed by atoms with van der Waals surface area (Å²) in [6.07, 6.45) is 2.39. The lowest BCUT2D eigenvalue weighted by Crippen LogP contribution is -2.23. The summed E-state index contributed by atoms with van der Waals surface area (Å²) in [5, 5.41) is 5.06. The minimum atomic E-state index is -0.217. The first-order valence-corrected chi connectivity index (χ1v) is 11.6. The Hall–Kier alpha value is -2.19. The maximum absolute atomic E-state index is 13.3. The van der Waals surface area contributed by atoms with Crippen molar-refractivity contribution in [1.29, 1.82) is 0 Å². The molecule has 31 heavy (non-hydrogen) atoms. The molecule has 0 N–H and O–H groups in total. The molecule has 2 aromatic carbocycles. The third kappa shape index (κ3) is 5.18. The number of fused-ring (bicyclic) bond motifs is 1. The quantitative estimate of drug-likeness (QED) is 0.333. The van der Waals surface area contributed by atoms with Crippen molar-refractivity contribution >= 4 is 49.0 Å². The van der Waals surface area contributed by atoms with E-state index in [1.165, 1.54) is 4.68 Å². The molecule has 0 fully saturated rings. The van der Waals surface area contributed by atoms with Gasteiger partial charge in [0, 0.05) is 20.4 Å². The largest absolute Gasteiger partial charge is 0.493 e. The van der Waals surface area contributed by atoms with Crippen molar-refractivity contribution in [3.05, 3.63) is 61.0 Å². The molecule has 0 bridgehead atoms. The summed E-state index contributed by atoms with van der Waals surface area (Å²) >= 11 is 6.94. The van der Waals surface area contributed by atoms with Crippen LogP contribution in [-0.4, -0.2) is 29.1 Å². The van der Waals surface area contributed by atoms with E-state index < -0.39 is 0 Å². The van der Waals surface area contributed by atoms with Gasteiger partial charge in [0.1, 0.15) is 5.82 Å². The van der Waals surface area contributed by atoms with Gasteiger partial charge >= 0.3 is 0 Å². The fourth-order valence-electron chi connectivity index (χ4n) is 3.10. The van der Waals surface area contributed by atoms with Gasteiger partial charge in [0.2, 0.25) is 0 Å². The Kier molecular flexibility index (Phi) is 7.54. The SMILES string of the molecule is CC[C@@H](C)c1nc2ccc(Br)cc2c(=O)n1N=Cc1cc(Br)cc(OC)c1OC(C)C. The number of ether oxygens (including phenoxy) is 2. The molecule has 1 aromatic heterocycles. The molecule has 0 aliphatic rings. The fourth-order valence-corrected chi connectivity index (χ4v) is 3.91. The highest BCUT2D eigenvalue weighted by atomic mass is 79.9. The smallest absolute Gasteiger partial charge is 0.282 e. The Morgan fingerprint density at radius 2 is 1.90 bits per heavy atom. The van der Waals surface area contributed by atoms with Gasteiger partial charge in [-0.3, -0.25) is 4.79 Å². The van der Waals surface area contributed by atoms with Crippen LogP contribution in [0.25, 0.3) is 10.9 Å². The first-order valence-electron chi connectivity index (χ1n) is 10.1. The van der Waals surface area contributed by atoms with Gasteiger partial charge in [-0.15, -0.1) is 0 Å². The van der Waals surface area contributed by atoms with Crippen LogP contribution in [0.1, 0.15) is 51.4 Å². The molecule has 0 aliphatic heterocycles. The van der Waals surface area contributed by atoms with E-state index in [-0.39, 0.29) is 17.6 Å². The molecule has 0 amide bonds. The molecule has 8 heteroatoms. The Balaban J connectivity index is 2.22. The second kappa shape index (κ2) is 9.96. The molecule has 6 nitrogen and oxygen atoms in total. The predicted molar refractivity (Wildman–Crippen MR) is 132 cm³/mol. The van der Waals surface area contributed by atoms with E-state index in [0.29, 0.717) is 33.8 Å². The molecule has 0 saturated heterocycles. The lowest BCUT2D eigenvalue weighted by Gasteiger charge is -2.17. The molecular weight excluding hydrogens is 526 g/mol. The van der Waals surface area contributed by atoms with E-state index >= 15 is 0 Å². The number of rotatable bonds is 7.